The Hall–Kier alpha value is -2.59. The van der Waals surface area contributed by atoms with Crippen molar-refractivity contribution in [1.29, 1.82) is 0 Å². The van der Waals surface area contributed by atoms with E-state index in [1.165, 1.54) is 17.0 Å². The second-order valence-corrected chi connectivity index (χ2v) is 6.49. The molecule has 1 saturated carbocycles. The molecule has 28 heavy (non-hydrogen) atoms. The van der Waals surface area contributed by atoms with Gasteiger partial charge in [0, 0.05) is 24.6 Å². The summed E-state index contributed by atoms with van der Waals surface area (Å²) in [6.07, 6.45) is -9.45. The predicted octanol–water partition coefficient (Wildman–Crippen LogP) is 4.59. The highest BCUT2D eigenvalue weighted by molar-refractivity contribution is 5.77. The van der Waals surface area contributed by atoms with E-state index in [2.05, 4.69) is 14.7 Å². The Balaban J connectivity index is 1.67. The number of carbonyl (C=O) groups excluding carboxylic acids is 1. The number of nitrogens with zero attached hydrogens (tertiary/aromatic N) is 3. The molecule has 3 rings (SSSR count). The minimum absolute atomic E-state index is 0.0769. The van der Waals surface area contributed by atoms with Crippen LogP contribution >= 0.6 is 0 Å². The predicted molar refractivity (Wildman–Crippen MR) is 83.6 cm³/mol. The van der Waals surface area contributed by atoms with E-state index in [1.807, 2.05) is 0 Å². The number of benzene rings is 1. The third kappa shape index (κ3) is 5.23. The van der Waals surface area contributed by atoms with E-state index in [4.69, 9.17) is 0 Å². The lowest BCUT2D eigenvalue weighted by atomic mass is 10.1. The van der Waals surface area contributed by atoms with Crippen LogP contribution < -0.4 is 0 Å². The van der Waals surface area contributed by atoms with Gasteiger partial charge in [-0.15, -0.1) is 0 Å². The highest BCUT2D eigenvalue weighted by Crippen LogP contribution is 2.32. The van der Waals surface area contributed by atoms with Crippen molar-refractivity contribution >= 4 is 5.91 Å². The van der Waals surface area contributed by atoms with Crippen molar-refractivity contribution in [3.8, 4) is 11.4 Å². The number of hydrogen-bond donors (Lipinski definition) is 0. The van der Waals surface area contributed by atoms with Gasteiger partial charge in [-0.1, -0.05) is 29.4 Å². The molecule has 0 spiro atoms. The first-order valence-corrected chi connectivity index (χ1v) is 8.39. The fourth-order valence-electron chi connectivity index (χ4n) is 2.61. The van der Waals surface area contributed by atoms with E-state index in [1.54, 1.807) is 12.1 Å². The van der Waals surface area contributed by atoms with Crippen molar-refractivity contribution in [3.05, 3.63) is 35.7 Å². The molecule has 1 fully saturated rings. The summed E-state index contributed by atoms with van der Waals surface area (Å²) >= 11 is 0. The average molecular weight is 407 g/mol. The lowest BCUT2D eigenvalue weighted by Gasteiger charge is -2.23. The standard InChI is InChI=1S/C17H15F6N3O2/c18-16(19,20)8-7-13(27)26(12-5-6-12)9-10-1-3-11(4-2-10)14-24-15(28-25-14)17(21,22)23/h1-4,12H,5-9H2. The summed E-state index contributed by atoms with van der Waals surface area (Å²) < 4.78 is 78.7. The Kier molecular flexibility index (Phi) is 5.35. The number of aromatic nitrogens is 2. The normalized spacial score (nSPS) is 14.9. The zero-order valence-electron chi connectivity index (χ0n) is 14.3. The fraction of sp³-hybridized carbons (Fsp3) is 0.471. The molecule has 1 aromatic carbocycles. The number of hydrogen-bond acceptors (Lipinski definition) is 4. The Bertz CT molecular complexity index is 825. The zero-order chi connectivity index (χ0) is 20.5. The average Bonchev–Trinajstić information content (AvgIpc) is 3.31. The van der Waals surface area contributed by atoms with Gasteiger partial charge in [-0.3, -0.25) is 4.79 Å². The summed E-state index contributed by atoms with van der Waals surface area (Å²) in [7, 11) is 0. The molecule has 0 radical (unpaired) electrons. The Morgan fingerprint density at radius 3 is 2.25 bits per heavy atom. The van der Waals surface area contributed by atoms with E-state index in [-0.39, 0.29) is 24.0 Å². The van der Waals surface area contributed by atoms with E-state index in [9.17, 15) is 31.1 Å². The minimum atomic E-state index is -4.74. The third-order valence-corrected chi connectivity index (χ3v) is 4.16. The summed E-state index contributed by atoms with van der Waals surface area (Å²) in [5.74, 6) is -2.27. The maximum atomic E-state index is 12.5. The van der Waals surface area contributed by atoms with Crippen molar-refractivity contribution in [1.82, 2.24) is 15.0 Å². The zero-order valence-corrected chi connectivity index (χ0v) is 14.3. The van der Waals surface area contributed by atoms with Gasteiger partial charge in [-0.05, 0) is 18.4 Å². The lowest BCUT2D eigenvalue weighted by molar-refractivity contribution is -0.159. The van der Waals surface area contributed by atoms with Crippen LogP contribution in [0.2, 0.25) is 0 Å². The first kappa shape index (κ1) is 20.2. The van der Waals surface area contributed by atoms with Gasteiger partial charge in [0.1, 0.15) is 0 Å². The molecule has 2 aromatic rings. The highest BCUT2D eigenvalue weighted by Gasteiger charge is 2.38. The molecule has 5 nitrogen and oxygen atoms in total. The molecular formula is C17H15F6N3O2. The Morgan fingerprint density at radius 2 is 1.75 bits per heavy atom. The SMILES string of the molecule is O=C(CCC(F)(F)F)N(Cc1ccc(-c2noc(C(F)(F)F)n2)cc1)C1CC1. The molecule has 11 heteroatoms. The molecule has 1 aliphatic rings. The smallest absolute Gasteiger partial charge is 0.335 e. The number of rotatable bonds is 6. The second kappa shape index (κ2) is 7.44. The third-order valence-electron chi connectivity index (χ3n) is 4.16. The number of alkyl halides is 6. The second-order valence-electron chi connectivity index (χ2n) is 6.49. The topological polar surface area (TPSA) is 59.2 Å². The van der Waals surface area contributed by atoms with E-state index >= 15 is 0 Å². The van der Waals surface area contributed by atoms with Crippen LogP contribution in [0, 0.1) is 0 Å². The Labute approximate surface area is 155 Å². The largest absolute Gasteiger partial charge is 0.471 e. The Morgan fingerprint density at radius 1 is 1.11 bits per heavy atom. The molecule has 0 atom stereocenters. The van der Waals surface area contributed by atoms with E-state index < -0.39 is 37.0 Å². The van der Waals surface area contributed by atoms with E-state index in [0.29, 0.717) is 5.56 Å². The van der Waals surface area contributed by atoms with E-state index in [0.717, 1.165) is 12.8 Å². The molecule has 0 N–H and O–H groups in total. The van der Waals surface area contributed by atoms with Crippen LogP contribution in [0.4, 0.5) is 26.3 Å². The van der Waals surface area contributed by atoms with Crippen LogP contribution in [0.15, 0.2) is 28.8 Å². The van der Waals surface area contributed by atoms with Gasteiger partial charge < -0.3 is 9.42 Å². The summed E-state index contributed by atoms with van der Waals surface area (Å²) in [6, 6.07) is 5.97. The first-order chi connectivity index (χ1) is 13.0. The van der Waals surface area contributed by atoms with Crippen molar-refractivity contribution < 1.29 is 35.7 Å². The molecule has 1 aliphatic carbocycles. The van der Waals surface area contributed by atoms with Gasteiger partial charge in [-0.25, -0.2) is 0 Å². The number of carbonyl (C=O) groups is 1. The van der Waals surface area contributed by atoms with Crippen molar-refractivity contribution in [2.45, 2.75) is 50.6 Å². The molecule has 0 saturated heterocycles. The molecule has 0 aliphatic heterocycles. The van der Waals surface area contributed by atoms with Crippen LogP contribution in [0.5, 0.6) is 0 Å². The molecular weight excluding hydrogens is 392 g/mol. The monoisotopic (exact) mass is 407 g/mol. The summed E-state index contributed by atoms with van der Waals surface area (Å²) in [4.78, 5) is 16.8. The van der Waals surface area contributed by atoms with Crippen LogP contribution in [0.1, 0.15) is 37.1 Å². The quantitative estimate of drug-likeness (QED) is 0.658. The maximum absolute atomic E-state index is 12.5. The summed E-state index contributed by atoms with van der Waals surface area (Å²) in [5.41, 5.74) is 0.917. The minimum Gasteiger partial charge on any atom is -0.335 e. The van der Waals surface area contributed by atoms with Gasteiger partial charge in [0.25, 0.3) is 0 Å². The first-order valence-electron chi connectivity index (χ1n) is 8.39. The van der Waals surface area contributed by atoms with Crippen molar-refractivity contribution in [3.63, 3.8) is 0 Å². The number of halogens is 6. The maximum Gasteiger partial charge on any atom is 0.471 e. The lowest BCUT2D eigenvalue weighted by Crippen LogP contribution is -2.33. The molecule has 0 unspecified atom stereocenters. The van der Waals surface area contributed by atoms with Crippen molar-refractivity contribution in [2.24, 2.45) is 0 Å². The molecule has 152 valence electrons. The van der Waals surface area contributed by atoms with Gasteiger partial charge in [0.15, 0.2) is 0 Å². The summed E-state index contributed by atoms with van der Waals surface area (Å²) in [6.45, 7) is 0.127. The van der Waals surface area contributed by atoms with Crippen LogP contribution in [-0.4, -0.2) is 33.2 Å². The van der Waals surface area contributed by atoms with Gasteiger partial charge in [0.05, 0.1) is 6.42 Å². The van der Waals surface area contributed by atoms with Crippen LogP contribution in [0.3, 0.4) is 0 Å². The van der Waals surface area contributed by atoms with Crippen LogP contribution in [-0.2, 0) is 17.5 Å². The van der Waals surface area contributed by atoms with Crippen LogP contribution in [0.25, 0.3) is 11.4 Å². The molecule has 1 heterocycles. The fourth-order valence-corrected chi connectivity index (χ4v) is 2.61. The van der Waals surface area contributed by atoms with Gasteiger partial charge >= 0.3 is 18.2 Å². The van der Waals surface area contributed by atoms with Gasteiger partial charge in [0.2, 0.25) is 11.7 Å². The van der Waals surface area contributed by atoms with Crippen molar-refractivity contribution in [2.75, 3.05) is 0 Å². The molecule has 1 aromatic heterocycles. The summed E-state index contributed by atoms with van der Waals surface area (Å²) in [5, 5.41) is 3.28. The van der Waals surface area contributed by atoms with Gasteiger partial charge in [-0.2, -0.15) is 31.3 Å². The highest BCUT2D eigenvalue weighted by atomic mass is 19.4. The number of amides is 1. The molecule has 0 bridgehead atoms. The molecule has 1 amide bonds.